The topological polar surface area (TPSA) is 104 Å². The van der Waals surface area contributed by atoms with E-state index in [9.17, 15) is 19.3 Å². The molecular weight excluding hydrogens is 285 g/mol. The van der Waals surface area contributed by atoms with Crippen molar-refractivity contribution in [3.8, 4) is 11.6 Å². The molecule has 0 unspecified atom stereocenters. The van der Waals surface area contributed by atoms with E-state index in [1.807, 2.05) is 0 Å². The molecule has 2 aromatic rings. The average molecular weight is 293 g/mol. The number of halogens is 1. The van der Waals surface area contributed by atoms with Crippen LogP contribution in [0.4, 0.5) is 10.1 Å². The minimum atomic E-state index is -0.796. The molecule has 0 aliphatic heterocycles. The lowest BCUT2D eigenvalue weighted by molar-refractivity contribution is -0.385. The fraction of sp³-hybridized carbons (Fsp3) is 0.0833. The predicted octanol–water partition coefficient (Wildman–Crippen LogP) is 2.10. The first-order valence-corrected chi connectivity index (χ1v) is 5.53. The number of aromatic nitrogens is 2. The largest absolute Gasteiger partial charge is 0.464 e. The van der Waals surface area contributed by atoms with Crippen molar-refractivity contribution in [3.05, 3.63) is 52.2 Å². The molecule has 0 fully saturated rings. The lowest BCUT2D eigenvalue weighted by atomic mass is 10.3. The first-order chi connectivity index (χ1) is 10.0. The predicted molar refractivity (Wildman–Crippen MR) is 66.5 cm³/mol. The van der Waals surface area contributed by atoms with Crippen LogP contribution in [0, 0.1) is 15.9 Å². The van der Waals surface area contributed by atoms with E-state index in [4.69, 9.17) is 4.74 Å². The Balaban J connectivity index is 2.34. The van der Waals surface area contributed by atoms with Crippen molar-refractivity contribution >= 4 is 11.7 Å². The molecule has 0 bridgehead atoms. The molecule has 1 heterocycles. The lowest BCUT2D eigenvalue weighted by Crippen LogP contribution is -2.05. The Morgan fingerprint density at radius 2 is 2.14 bits per heavy atom. The average Bonchev–Trinajstić information content (AvgIpc) is 2.48. The highest BCUT2D eigenvalue weighted by atomic mass is 19.1. The van der Waals surface area contributed by atoms with Gasteiger partial charge in [0, 0.05) is 0 Å². The number of hydrogen-bond acceptors (Lipinski definition) is 7. The van der Waals surface area contributed by atoms with E-state index in [1.54, 1.807) is 0 Å². The number of rotatable bonds is 4. The normalized spacial score (nSPS) is 10.0. The van der Waals surface area contributed by atoms with Gasteiger partial charge in [0.1, 0.15) is 5.82 Å². The van der Waals surface area contributed by atoms with E-state index >= 15 is 0 Å². The van der Waals surface area contributed by atoms with Gasteiger partial charge in [-0.25, -0.2) is 14.2 Å². The highest BCUT2D eigenvalue weighted by Gasteiger charge is 2.18. The molecule has 0 N–H and O–H groups in total. The molecule has 1 aromatic carbocycles. The number of nitrogens with zero attached hydrogens (tertiary/aromatic N) is 3. The summed E-state index contributed by atoms with van der Waals surface area (Å²) in [5, 5.41) is 10.8. The number of hydrogen-bond donors (Lipinski definition) is 0. The number of nitro groups is 1. The number of carbonyl (C=O) groups excluding carboxylic acids is 1. The molecule has 2 rings (SSSR count). The Kier molecular flexibility index (Phi) is 4.02. The maximum absolute atomic E-state index is 13.0. The quantitative estimate of drug-likeness (QED) is 0.483. The molecule has 0 aliphatic rings. The van der Waals surface area contributed by atoms with Gasteiger partial charge in [-0.15, -0.1) is 0 Å². The molecule has 8 nitrogen and oxygen atoms in total. The van der Waals surface area contributed by atoms with Crippen molar-refractivity contribution in [1.82, 2.24) is 9.97 Å². The summed E-state index contributed by atoms with van der Waals surface area (Å²) in [6, 6.07) is 2.80. The van der Waals surface area contributed by atoms with Crippen LogP contribution < -0.4 is 4.74 Å². The number of methoxy groups -OCH3 is 1. The van der Waals surface area contributed by atoms with Crippen LogP contribution >= 0.6 is 0 Å². The van der Waals surface area contributed by atoms with Crippen LogP contribution in [-0.2, 0) is 4.74 Å². The number of carbonyl (C=O) groups is 1. The zero-order chi connectivity index (χ0) is 15.4. The van der Waals surface area contributed by atoms with Crippen LogP contribution in [-0.4, -0.2) is 28.0 Å². The van der Waals surface area contributed by atoms with Gasteiger partial charge in [-0.05, 0) is 12.1 Å². The van der Waals surface area contributed by atoms with E-state index in [0.717, 1.165) is 24.5 Å². The smallest absolute Gasteiger partial charge is 0.358 e. The van der Waals surface area contributed by atoms with Crippen molar-refractivity contribution in [2.24, 2.45) is 0 Å². The molecule has 0 amide bonds. The van der Waals surface area contributed by atoms with Crippen LogP contribution in [0.25, 0.3) is 0 Å². The van der Waals surface area contributed by atoms with E-state index in [0.29, 0.717) is 6.07 Å². The van der Waals surface area contributed by atoms with Gasteiger partial charge in [-0.1, -0.05) is 0 Å². The Bertz CT molecular complexity index is 707. The number of benzene rings is 1. The van der Waals surface area contributed by atoms with Crippen LogP contribution in [0.15, 0.2) is 30.6 Å². The second-order valence-electron chi connectivity index (χ2n) is 3.71. The number of ether oxygens (including phenoxy) is 2. The zero-order valence-electron chi connectivity index (χ0n) is 10.6. The Morgan fingerprint density at radius 3 is 2.81 bits per heavy atom. The summed E-state index contributed by atoms with van der Waals surface area (Å²) in [4.78, 5) is 28.8. The highest BCUT2D eigenvalue weighted by Crippen LogP contribution is 2.30. The first kappa shape index (κ1) is 14.3. The summed E-state index contributed by atoms with van der Waals surface area (Å²) in [5.74, 6) is -1.89. The van der Waals surface area contributed by atoms with Gasteiger partial charge in [-0.2, -0.15) is 0 Å². The fourth-order valence-corrected chi connectivity index (χ4v) is 1.43. The molecular formula is C12H8FN3O5. The second kappa shape index (κ2) is 5.90. The molecule has 108 valence electrons. The van der Waals surface area contributed by atoms with Crippen molar-refractivity contribution in [3.63, 3.8) is 0 Å². The highest BCUT2D eigenvalue weighted by molar-refractivity contribution is 5.86. The molecule has 0 aliphatic carbocycles. The van der Waals surface area contributed by atoms with Gasteiger partial charge in [0.05, 0.1) is 30.5 Å². The molecule has 0 atom stereocenters. The molecule has 0 radical (unpaired) electrons. The van der Waals surface area contributed by atoms with Crippen molar-refractivity contribution in [2.75, 3.05) is 7.11 Å². The van der Waals surface area contributed by atoms with Crippen LogP contribution in [0.5, 0.6) is 11.6 Å². The van der Waals surface area contributed by atoms with Gasteiger partial charge in [0.15, 0.2) is 5.69 Å². The van der Waals surface area contributed by atoms with Gasteiger partial charge in [0.2, 0.25) is 11.6 Å². The second-order valence-corrected chi connectivity index (χ2v) is 3.71. The third-order valence-electron chi connectivity index (χ3n) is 2.34. The van der Waals surface area contributed by atoms with Crippen molar-refractivity contribution in [2.45, 2.75) is 0 Å². The van der Waals surface area contributed by atoms with Crippen molar-refractivity contribution in [1.29, 1.82) is 0 Å². The summed E-state index contributed by atoms with van der Waals surface area (Å²) in [6.45, 7) is 0. The number of esters is 1. The third kappa shape index (κ3) is 3.26. The molecule has 9 heteroatoms. The fourth-order valence-electron chi connectivity index (χ4n) is 1.43. The van der Waals surface area contributed by atoms with Crippen LogP contribution in [0.2, 0.25) is 0 Å². The van der Waals surface area contributed by atoms with Gasteiger partial charge in [0.25, 0.3) is 0 Å². The minimum absolute atomic E-state index is 0.125. The first-order valence-electron chi connectivity index (χ1n) is 5.53. The summed E-state index contributed by atoms with van der Waals surface area (Å²) < 4.78 is 22.6. The Hall–Kier alpha value is -3.10. The van der Waals surface area contributed by atoms with E-state index in [-0.39, 0.29) is 17.3 Å². The van der Waals surface area contributed by atoms with Gasteiger partial charge >= 0.3 is 11.7 Å². The standard InChI is InChI=1S/C12H8FN3O5/c1-20-12(17)8-5-14-6-11(15-8)21-10-3-2-7(13)4-9(10)16(18)19/h2-6H,1H3. The maximum atomic E-state index is 13.0. The SMILES string of the molecule is COC(=O)c1cncc(Oc2ccc(F)cc2[N+](=O)[O-])n1. The van der Waals surface area contributed by atoms with E-state index < -0.39 is 22.4 Å². The molecule has 1 aromatic heterocycles. The van der Waals surface area contributed by atoms with Crippen molar-refractivity contribution < 1.29 is 23.6 Å². The summed E-state index contributed by atoms with van der Waals surface area (Å²) in [6.07, 6.45) is 2.30. The maximum Gasteiger partial charge on any atom is 0.358 e. The molecule has 0 spiro atoms. The zero-order valence-corrected chi connectivity index (χ0v) is 10.6. The number of nitro benzene ring substituents is 1. The molecule has 0 saturated carbocycles. The molecule has 21 heavy (non-hydrogen) atoms. The molecule has 0 saturated heterocycles. The lowest BCUT2D eigenvalue weighted by Gasteiger charge is -2.06. The third-order valence-corrected chi connectivity index (χ3v) is 2.34. The van der Waals surface area contributed by atoms with Crippen LogP contribution in [0.1, 0.15) is 10.5 Å². The monoisotopic (exact) mass is 293 g/mol. The van der Waals surface area contributed by atoms with Gasteiger partial charge in [-0.3, -0.25) is 15.1 Å². The van der Waals surface area contributed by atoms with E-state index in [2.05, 4.69) is 14.7 Å². The summed E-state index contributed by atoms with van der Waals surface area (Å²) in [5.41, 5.74) is -0.694. The summed E-state index contributed by atoms with van der Waals surface area (Å²) >= 11 is 0. The minimum Gasteiger partial charge on any atom is -0.464 e. The van der Waals surface area contributed by atoms with E-state index in [1.165, 1.54) is 7.11 Å². The van der Waals surface area contributed by atoms with Gasteiger partial charge < -0.3 is 9.47 Å². The Morgan fingerprint density at radius 1 is 1.38 bits per heavy atom. The van der Waals surface area contributed by atoms with Crippen LogP contribution in [0.3, 0.4) is 0 Å². The summed E-state index contributed by atoms with van der Waals surface area (Å²) in [7, 11) is 1.17. The Labute approximate surface area is 117 Å².